The molecule has 0 radical (unpaired) electrons. The van der Waals surface area contributed by atoms with Gasteiger partial charge in [-0.25, -0.2) is 0 Å². The summed E-state index contributed by atoms with van der Waals surface area (Å²) in [6.45, 7) is 3.57. The predicted octanol–water partition coefficient (Wildman–Crippen LogP) is 2.56. The monoisotopic (exact) mass is 302 g/mol. The van der Waals surface area contributed by atoms with Gasteiger partial charge in [0.15, 0.2) is 0 Å². The van der Waals surface area contributed by atoms with Crippen molar-refractivity contribution in [3.8, 4) is 0 Å². The van der Waals surface area contributed by atoms with Gasteiger partial charge in [-0.1, -0.05) is 26.7 Å². The lowest BCUT2D eigenvalue weighted by Crippen LogP contribution is -2.24. The van der Waals surface area contributed by atoms with Crippen LogP contribution in [0.3, 0.4) is 0 Å². The molecule has 0 aliphatic carbocycles. The van der Waals surface area contributed by atoms with Crippen LogP contribution in [-0.4, -0.2) is 35.2 Å². The van der Waals surface area contributed by atoms with Crippen LogP contribution in [0.25, 0.3) is 0 Å². The topological polar surface area (TPSA) is 101 Å². The third kappa shape index (κ3) is 9.05. The van der Waals surface area contributed by atoms with Crippen LogP contribution in [0.15, 0.2) is 0 Å². The minimum atomic E-state index is -0.919. The fourth-order valence-corrected chi connectivity index (χ4v) is 2.36. The summed E-state index contributed by atoms with van der Waals surface area (Å²) in [7, 11) is 1.30. The molecule has 0 bridgehead atoms. The molecule has 0 fully saturated rings. The number of unbranched alkanes of at least 4 members (excludes halogenated alkanes) is 1. The van der Waals surface area contributed by atoms with E-state index in [0.717, 1.165) is 12.8 Å². The van der Waals surface area contributed by atoms with E-state index < -0.39 is 23.8 Å². The number of esters is 1. The average molecular weight is 302 g/mol. The van der Waals surface area contributed by atoms with E-state index in [1.807, 2.05) is 6.92 Å². The molecule has 6 nitrogen and oxygen atoms in total. The van der Waals surface area contributed by atoms with Gasteiger partial charge in [-0.15, -0.1) is 0 Å². The second-order valence-corrected chi connectivity index (χ2v) is 5.68. The Morgan fingerprint density at radius 1 is 1.05 bits per heavy atom. The number of carbonyl (C=O) groups is 3. The van der Waals surface area contributed by atoms with Crippen LogP contribution in [0.2, 0.25) is 0 Å². The molecule has 0 aromatic carbocycles. The molecule has 0 aromatic rings. The zero-order valence-electron chi connectivity index (χ0n) is 13.0. The normalized spacial score (nSPS) is 15.0. The lowest BCUT2D eigenvalue weighted by molar-refractivity contribution is -0.148. The number of hydrogen-bond donors (Lipinski definition) is 2. The SMILES string of the molecule is COC(=O)C(CC(C)CCCCC(=O)O)CC(C)C(=O)O. The van der Waals surface area contributed by atoms with Gasteiger partial charge >= 0.3 is 17.9 Å². The third-order valence-electron chi connectivity index (χ3n) is 3.62. The van der Waals surface area contributed by atoms with Crippen molar-refractivity contribution in [1.29, 1.82) is 0 Å². The molecule has 0 amide bonds. The second kappa shape index (κ2) is 10.2. The van der Waals surface area contributed by atoms with Crippen molar-refractivity contribution < 1.29 is 29.3 Å². The van der Waals surface area contributed by atoms with Crippen LogP contribution >= 0.6 is 0 Å². The maximum atomic E-state index is 11.7. The van der Waals surface area contributed by atoms with Crippen molar-refractivity contribution in [2.45, 2.75) is 52.4 Å². The summed E-state index contributed by atoms with van der Waals surface area (Å²) < 4.78 is 4.74. The summed E-state index contributed by atoms with van der Waals surface area (Å²) in [5.74, 6) is -2.88. The zero-order chi connectivity index (χ0) is 16.4. The van der Waals surface area contributed by atoms with Gasteiger partial charge < -0.3 is 14.9 Å². The van der Waals surface area contributed by atoms with Gasteiger partial charge in [-0.2, -0.15) is 0 Å². The summed E-state index contributed by atoms with van der Waals surface area (Å²) >= 11 is 0. The molecule has 0 rings (SSSR count). The van der Waals surface area contributed by atoms with Crippen molar-refractivity contribution in [1.82, 2.24) is 0 Å². The highest BCUT2D eigenvalue weighted by atomic mass is 16.5. The zero-order valence-corrected chi connectivity index (χ0v) is 13.0. The predicted molar refractivity (Wildman–Crippen MR) is 76.8 cm³/mol. The van der Waals surface area contributed by atoms with Gasteiger partial charge in [0, 0.05) is 6.42 Å². The van der Waals surface area contributed by atoms with E-state index in [1.54, 1.807) is 6.92 Å². The van der Waals surface area contributed by atoms with Crippen molar-refractivity contribution >= 4 is 17.9 Å². The van der Waals surface area contributed by atoms with E-state index >= 15 is 0 Å². The number of ether oxygens (including phenoxy) is 1. The number of carboxylic acid groups (broad SMARTS) is 2. The number of methoxy groups -OCH3 is 1. The molecule has 3 unspecified atom stereocenters. The molecular formula is C15H26O6. The van der Waals surface area contributed by atoms with Crippen molar-refractivity contribution in [2.24, 2.45) is 17.8 Å². The van der Waals surface area contributed by atoms with E-state index in [9.17, 15) is 14.4 Å². The fourth-order valence-electron chi connectivity index (χ4n) is 2.36. The van der Waals surface area contributed by atoms with Crippen molar-refractivity contribution in [2.75, 3.05) is 7.11 Å². The van der Waals surface area contributed by atoms with E-state index in [4.69, 9.17) is 14.9 Å². The molecule has 0 aliphatic heterocycles. The number of aliphatic carboxylic acids is 2. The summed E-state index contributed by atoms with van der Waals surface area (Å²) in [6.07, 6.45) is 3.22. The molecule has 6 heteroatoms. The van der Waals surface area contributed by atoms with E-state index in [1.165, 1.54) is 7.11 Å². The molecule has 0 aromatic heterocycles. The molecule has 2 N–H and O–H groups in total. The van der Waals surface area contributed by atoms with Gasteiger partial charge in [-0.05, 0) is 25.2 Å². The van der Waals surface area contributed by atoms with Crippen LogP contribution in [0.1, 0.15) is 52.4 Å². The van der Waals surface area contributed by atoms with Gasteiger partial charge in [-0.3, -0.25) is 14.4 Å². The first-order valence-electron chi connectivity index (χ1n) is 7.30. The summed E-state index contributed by atoms with van der Waals surface area (Å²) in [5, 5.41) is 17.5. The summed E-state index contributed by atoms with van der Waals surface area (Å²) in [5.41, 5.74) is 0. The molecule has 3 atom stereocenters. The Morgan fingerprint density at radius 3 is 2.14 bits per heavy atom. The van der Waals surface area contributed by atoms with Crippen molar-refractivity contribution in [3.63, 3.8) is 0 Å². The highest BCUT2D eigenvalue weighted by molar-refractivity contribution is 5.74. The third-order valence-corrected chi connectivity index (χ3v) is 3.62. The van der Waals surface area contributed by atoms with Crippen LogP contribution in [-0.2, 0) is 19.1 Å². The maximum absolute atomic E-state index is 11.7. The number of carbonyl (C=O) groups excluding carboxylic acids is 1. The molecular weight excluding hydrogens is 276 g/mol. The first-order valence-corrected chi connectivity index (χ1v) is 7.30. The molecule has 0 saturated heterocycles. The molecule has 21 heavy (non-hydrogen) atoms. The quantitative estimate of drug-likeness (QED) is 0.449. The lowest BCUT2D eigenvalue weighted by atomic mass is 9.86. The van der Waals surface area contributed by atoms with Gasteiger partial charge in [0.05, 0.1) is 18.9 Å². The Hall–Kier alpha value is -1.59. The van der Waals surface area contributed by atoms with E-state index in [2.05, 4.69) is 0 Å². The minimum Gasteiger partial charge on any atom is -0.481 e. The lowest BCUT2D eigenvalue weighted by Gasteiger charge is -2.20. The fraction of sp³-hybridized carbons (Fsp3) is 0.800. The first-order chi connectivity index (χ1) is 9.77. The maximum Gasteiger partial charge on any atom is 0.308 e. The Balaban J connectivity index is 4.29. The summed E-state index contributed by atoms with van der Waals surface area (Å²) in [6, 6.07) is 0. The standard InChI is InChI=1S/C15H26O6/c1-10(6-4-5-7-13(16)17)8-12(15(20)21-3)9-11(2)14(18)19/h10-12H,4-9H2,1-3H3,(H,16,17)(H,18,19). The van der Waals surface area contributed by atoms with Crippen LogP contribution < -0.4 is 0 Å². The first kappa shape index (κ1) is 19.4. The Labute approximate surface area is 125 Å². The molecule has 0 aliphatic rings. The molecule has 0 spiro atoms. The number of carboxylic acids is 2. The van der Waals surface area contributed by atoms with E-state index in [-0.39, 0.29) is 24.7 Å². The Kier molecular flexibility index (Phi) is 9.41. The number of hydrogen-bond acceptors (Lipinski definition) is 4. The van der Waals surface area contributed by atoms with Gasteiger partial charge in [0.1, 0.15) is 0 Å². The molecule has 0 heterocycles. The van der Waals surface area contributed by atoms with Crippen LogP contribution in [0.5, 0.6) is 0 Å². The Bertz CT molecular complexity index is 352. The largest absolute Gasteiger partial charge is 0.481 e. The van der Waals surface area contributed by atoms with E-state index in [0.29, 0.717) is 12.8 Å². The average Bonchev–Trinajstić information content (AvgIpc) is 2.41. The van der Waals surface area contributed by atoms with Crippen molar-refractivity contribution in [3.05, 3.63) is 0 Å². The Morgan fingerprint density at radius 2 is 1.67 bits per heavy atom. The smallest absolute Gasteiger partial charge is 0.308 e. The second-order valence-electron chi connectivity index (χ2n) is 5.68. The highest BCUT2D eigenvalue weighted by Gasteiger charge is 2.26. The van der Waals surface area contributed by atoms with Crippen LogP contribution in [0.4, 0.5) is 0 Å². The van der Waals surface area contributed by atoms with Gasteiger partial charge in [0.25, 0.3) is 0 Å². The molecule has 122 valence electrons. The highest BCUT2D eigenvalue weighted by Crippen LogP contribution is 2.25. The van der Waals surface area contributed by atoms with Gasteiger partial charge in [0.2, 0.25) is 0 Å². The molecule has 0 saturated carbocycles. The summed E-state index contributed by atoms with van der Waals surface area (Å²) in [4.78, 5) is 33.0. The number of rotatable bonds is 11. The minimum absolute atomic E-state index is 0.156. The van der Waals surface area contributed by atoms with Crippen LogP contribution in [0, 0.1) is 17.8 Å².